The van der Waals surface area contributed by atoms with E-state index in [-0.39, 0.29) is 18.0 Å². The van der Waals surface area contributed by atoms with Gasteiger partial charge in [-0.25, -0.2) is 9.18 Å². The van der Waals surface area contributed by atoms with Crippen molar-refractivity contribution in [3.63, 3.8) is 0 Å². The van der Waals surface area contributed by atoms with Crippen LogP contribution in [0, 0.1) is 5.82 Å². The van der Waals surface area contributed by atoms with Crippen molar-refractivity contribution >= 4 is 6.03 Å². The molecule has 0 unspecified atom stereocenters. The van der Waals surface area contributed by atoms with E-state index in [0.717, 1.165) is 0 Å². The van der Waals surface area contributed by atoms with E-state index in [9.17, 15) is 9.18 Å². The van der Waals surface area contributed by atoms with E-state index in [1.807, 2.05) is 6.92 Å². The zero-order valence-corrected chi connectivity index (χ0v) is 10.00. The summed E-state index contributed by atoms with van der Waals surface area (Å²) >= 11 is 0. The summed E-state index contributed by atoms with van der Waals surface area (Å²) in [4.78, 5) is 11.1. The lowest BCUT2D eigenvalue weighted by molar-refractivity contribution is 0.207. The van der Waals surface area contributed by atoms with E-state index in [1.165, 1.54) is 12.1 Å². The highest BCUT2D eigenvalue weighted by Crippen LogP contribution is 2.13. The van der Waals surface area contributed by atoms with Gasteiger partial charge in [0.25, 0.3) is 0 Å². The monoisotopic (exact) mass is 240 g/mol. The lowest BCUT2D eigenvalue weighted by atomic mass is 10.3. The Bertz CT molecular complexity index is 371. The van der Waals surface area contributed by atoms with Gasteiger partial charge in [0.2, 0.25) is 0 Å². The van der Waals surface area contributed by atoms with Crippen molar-refractivity contribution in [2.75, 3.05) is 13.1 Å². The second-order valence-electron chi connectivity index (χ2n) is 3.63. The van der Waals surface area contributed by atoms with Gasteiger partial charge >= 0.3 is 6.03 Å². The van der Waals surface area contributed by atoms with Crippen LogP contribution < -0.4 is 15.4 Å². The number of hydrogen-bond acceptors (Lipinski definition) is 2. The van der Waals surface area contributed by atoms with Crippen molar-refractivity contribution in [3.05, 3.63) is 30.1 Å². The van der Waals surface area contributed by atoms with E-state index in [0.29, 0.717) is 18.8 Å². The zero-order valence-electron chi connectivity index (χ0n) is 10.00. The third-order valence-corrected chi connectivity index (χ3v) is 2.02. The lowest BCUT2D eigenvalue weighted by Crippen LogP contribution is -2.40. The molecule has 1 aromatic carbocycles. The van der Waals surface area contributed by atoms with Crippen LogP contribution in [-0.2, 0) is 0 Å². The van der Waals surface area contributed by atoms with Gasteiger partial charge in [-0.15, -0.1) is 0 Å². The fraction of sp³-hybridized carbons (Fsp3) is 0.417. The van der Waals surface area contributed by atoms with Gasteiger partial charge in [0.15, 0.2) is 0 Å². The Morgan fingerprint density at radius 2 is 2.24 bits per heavy atom. The van der Waals surface area contributed by atoms with Crippen molar-refractivity contribution in [2.24, 2.45) is 0 Å². The average Bonchev–Trinajstić information content (AvgIpc) is 2.27. The second-order valence-corrected chi connectivity index (χ2v) is 3.63. The van der Waals surface area contributed by atoms with Crippen molar-refractivity contribution in [2.45, 2.75) is 20.0 Å². The molecule has 0 aliphatic carbocycles. The first kappa shape index (κ1) is 13.3. The normalized spacial score (nSPS) is 11.7. The van der Waals surface area contributed by atoms with E-state index < -0.39 is 0 Å². The number of benzene rings is 1. The number of nitrogens with one attached hydrogen (secondary N) is 2. The molecular weight excluding hydrogens is 223 g/mol. The number of ether oxygens (including phenoxy) is 1. The number of rotatable bonds is 5. The summed E-state index contributed by atoms with van der Waals surface area (Å²) in [5.41, 5.74) is 0. The summed E-state index contributed by atoms with van der Waals surface area (Å²) in [6.45, 7) is 4.58. The van der Waals surface area contributed by atoms with Gasteiger partial charge in [0.1, 0.15) is 17.7 Å². The smallest absolute Gasteiger partial charge is 0.314 e. The minimum Gasteiger partial charge on any atom is -0.489 e. The molecule has 0 heterocycles. The first-order chi connectivity index (χ1) is 8.11. The van der Waals surface area contributed by atoms with Gasteiger partial charge < -0.3 is 15.4 Å². The van der Waals surface area contributed by atoms with Gasteiger partial charge in [0.05, 0.1) is 6.54 Å². The quantitative estimate of drug-likeness (QED) is 0.826. The molecule has 1 atom stereocenters. The Kier molecular flexibility index (Phi) is 5.26. The summed E-state index contributed by atoms with van der Waals surface area (Å²) in [5, 5.41) is 5.26. The Morgan fingerprint density at radius 3 is 2.88 bits per heavy atom. The summed E-state index contributed by atoms with van der Waals surface area (Å²) < 4.78 is 18.3. The first-order valence-corrected chi connectivity index (χ1v) is 5.55. The molecular formula is C12H17FN2O2. The highest BCUT2D eigenvalue weighted by Gasteiger charge is 2.06. The van der Waals surface area contributed by atoms with E-state index >= 15 is 0 Å². The van der Waals surface area contributed by atoms with Crippen molar-refractivity contribution in [1.29, 1.82) is 0 Å². The molecule has 94 valence electrons. The fourth-order valence-electron chi connectivity index (χ4n) is 1.27. The summed E-state index contributed by atoms with van der Waals surface area (Å²) in [7, 11) is 0. The SMILES string of the molecule is CCNC(=O)NC[C@@H](C)Oc1cccc(F)c1. The molecule has 0 aliphatic heterocycles. The van der Waals surface area contributed by atoms with E-state index in [2.05, 4.69) is 10.6 Å². The molecule has 2 N–H and O–H groups in total. The van der Waals surface area contributed by atoms with Crippen LogP contribution in [0.2, 0.25) is 0 Å². The molecule has 0 fully saturated rings. The zero-order chi connectivity index (χ0) is 12.7. The second kappa shape index (κ2) is 6.73. The lowest BCUT2D eigenvalue weighted by Gasteiger charge is -2.15. The number of carbonyl (C=O) groups is 1. The summed E-state index contributed by atoms with van der Waals surface area (Å²) in [6, 6.07) is 5.68. The maximum absolute atomic E-state index is 12.9. The average molecular weight is 240 g/mol. The van der Waals surface area contributed by atoms with Crippen molar-refractivity contribution in [1.82, 2.24) is 10.6 Å². The third kappa shape index (κ3) is 5.19. The maximum Gasteiger partial charge on any atom is 0.314 e. The molecule has 0 aromatic heterocycles. The van der Waals surface area contributed by atoms with Gasteiger partial charge in [-0.2, -0.15) is 0 Å². The molecule has 0 bridgehead atoms. The topological polar surface area (TPSA) is 50.4 Å². The molecule has 4 nitrogen and oxygen atoms in total. The standard InChI is InChI=1S/C12H17FN2O2/c1-3-14-12(16)15-8-9(2)17-11-6-4-5-10(13)7-11/h4-7,9H,3,8H2,1-2H3,(H2,14,15,16)/t9-/m1/s1. The summed E-state index contributed by atoms with van der Waals surface area (Å²) in [5.74, 6) is 0.113. The molecule has 0 radical (unpaired) electrons. The Hall–Kier alpha value is -1.78. The van der Waals surface area contributed by atoms with Crippen LogP contribution in [0.1, 0.15) is 13.8 Å². The van der Waals surface area contributed by atoms with Crippen LogP contribution in [0.4, 0.5) is 9.18 Å². The molecule has 1 aromatic rings. The van der Waals surface area contributed by atoms with Gasteiger partial charge in [-0.05, 0) is 26.0 Å². The Labute approximate surface area is 100 Å². The Morgan fingerprint density at radius 1 is 1.47 bits per heavy atom. The van der Waals surface area contributed by atoms with Crippen LogP contribution in [0.15, 0.2) is 24.3 Å². The predicted molar refractivity (Wildman–Crippen MR) is 63.6 cm³/mol. The van der Waals surface area contributed by atoms with Gasteiger partial charge in [-0.1, -0.05) is 6.07 Å². The molecule has 0 saturated heterocycles. The van der Waals surface area contributed by atoms with E-state index in [4.69, 9.17) is 4.74 Å². The van der Waals surface area contributed by atoms with Crippen LogP contribution >= 0.6 is 0 Å². The molecule has 17 heavy (non-hydrogen) atoms. The highest BCUT2D eigenvalue weighted by molar-refractivity contribution is 5.73. The number of halogens is 1. The minimum atomic E-state index is -0.341. The first-order valence-electron chi connectivity index (χ1n) is 5.55. The minimum absolute atomic E-state index is 0.223. The Balaban J connectivity index is 2.34. The van der Waals surface area contributed by atoms with Crippen molar-refractivity contribution < 1.29 is 13.9 Å². The third-order valence-electron chi connectivity index (χ3n) is 2.02. The van der Waals surface area contributed by atoms with Crippen LogP contribution in [0.25, 0.3) is 0 Å². The van der Waals surface area contributed by atoms with Crippen LogP contribution in [-0.4, -0.2) is 25.2 Å². The number of amides is 2. The number of urea groups is 1. The molecule has 0 spiro atoms. The molecule has 1 rings (SSSR count). The van der Waals surface area contributed by atoms with Gasteiger partial charge in [0, 0.05) is 12.6 Å². The van der Waals surface area contributed by atoms with Gasteiger partial charge in [-0.3, -0.25) is 0 Å². The largest absolute Gasteiger partial charge is 0.489 e. The predicted octanol–water partition coefficient (Wildman–Crippen LogP) is 1.91. The number of hydrogen-bond donors (Lipinski definition) is 2. The van der Waals surface area contributed by atoms with E-state index in [1.54, 1.807) is 19.1 Å². The summed E-state index contributed by atoms with van der Waals surface area (Å²) in [6.07, 6.45) is -0.223. The molecule has 0 saturated carbocycles. The maximum atomic E-state index is 12.9. The molecule has 2 amide bonds. The molecule has 5 heteroatoms. The fourth-order valence-corrected chi connectivity index (χ4v) is 1.27. The van der Waals surface area contributed by atoms with Crippen molar-refractivity contribution in [3.8, 4) is 5.75 Å². The highest BCUT2D eigenvalue weighted by atomic mass is 19.1. The van der Waals surface area contributed by atoms with Crippen LogP contribution in [0.3, 0.4) is 0 Å². The molecule has 0 aliphatic rings. The van der Waals surface area contributed by atoms with Crippen LogP contribution in [0.5, 0.6) is 5.75 Å². The number of carbonyl (C=O) groups excluding carboxylic acids is 1.